The molecule has 1 aliphatic heterocycles. The average Bonchev–Trinajstić information content (AvgIpc) is 3.23. The second-order valence-corrected chi connectivity index (χ2v) is 7.47. The van der Waals surface area contributed by atoms with Gasteiger partial charge in [0, 0.05) is 12.2 Å². The number of ether oxygens (including phenoxy) is 1. The molecular formula is C22H23N5O4. The Bertz CT molecular complexity index is 1150. The number of para-hydroxylation sites is 1. The molecule has 0 radical (unpaired) electrons. The van der Waals surface area contributed by atoms with Crippen molar-refractivity contribution in [3.8, 4) is 5.75 Å². The molecule has 2 aromatic carbocycles. The molecule has 3 aromatic rings. The van der Waals surface area contributed by atoms with Crippen molar-refractivity contribution in [3.63, 3.8) is 0 Å². The van der Waals surface area contributed by atoms with Crippen molar-refractivity contribution >= 4 is 17.6 Å². The first-order valence-corrected chi connectivity index (χ1v) is 10.0. The molecule has 9 nitrogen and oxygen atoms in total. The molecule has 0 aliphatic carbocycles. The third-order valence-corrected chi connectivity index (χ3v) is 4.79. The number of hydrogen-bond acceptors (Lipinski definition) is 5. The van der Waals surface area contributed by atoms with Gasteiger partial charge < -0.3 is 10.1 Å². The van der Waals surface area contributed by atoms with Gasteiger partial charge in [0.2, 0.25) is 5.91 Å². The molecule has 1 aromatic heterocycles. The van der Waals surface area contributed by atoms with E-state index in [4.69, 9.17) is 4.74 Å². The molecule has 0 saturated heterocycles. The monoisotopic (exact) mass is 421 g/mol. The van der Waals surface area contributed by atoms with Crippen molar-refractivity contribution in [1.82, 2.24) is 19.7 Å². The topological polar surface area (TPSA) is 98.5 Å². The van der Waals surface area contributed by atoms with Gasteiger partial charge in [-0.15, -0.1) is 0 Å². The lowest BCUT2D eigenvalue weighted by atomic mass is 10.2. The standard InChI is InChI=1S/C22H23N5O4/c1-15(2)31-18-10-8-16(9-11-18)12-23-20(28)14-26-21(29)24-19-13-25(22(30)27(19)26)17-6-4-3-5-7-17/h3-11,15H,12-14H2,1-2H3,(H,23,28). The van der Waals surface area contributed by atoms with Crippen molar-refractivity contribution < 1.29 is 14.3 Å². The Labute approximate surface area is 178 Å². The van der Waals surface area contributed by atoms with E-state index in [0.29, 0.717) is 18.1 Å². The zero-order valence-corrected chi connectivity index (χ0v) is 17.3. The number of benzene rings is 2. The molecule has 2 amide bonds. The highest BCUT2D eigenvalue weighted by atomic mass is 16.5. The summed E-state index contributed by atoms with van der Waals surface area (Å²) in [5.74, 6) is 0.679. The Morgan fingerprint density at radius 3 is 2.48 bits per heavy atom. The fourth-order valence-corrected chi connectivity index (χ4v) is 3.38. The molecule has 0 fully saturated rings. The maximum absolute atomic E-state index is 12.8. The number of fused-ring (bicyclic) bond motifs is 1. The van der Waals surface area contributed by atoms with Gasteiger partial charge in [-0.05, 0) is 43.7 Å². The van der Waals surface area contributed by atoms with Crippen molar-refractivity contribution in [2.24, 2.45) is 0 Å². The molecule has 31 heavy (non-hydrogen) atoms. The normalized spacial score (nSPS) is 12.9. The van der Waals surface area contributed by atoms with E-state index in [1.165, 1.54) is 9.58 Å². The first kappa shape index (κ1) is 20.4. The van der Waals surface area contributed by atoms with Gasteiger partial charge >= 0.3 is 11.7 Å². The maximum Gasteiger partial charge on any atom is 0.365 e. The molecule has 0 bridgehead atoms. The number of nitrogens with one attached hydrogen (secondary N) is 1. The Kier molecular flexibility index (Phi) is 5.57. The molecule has 0 saturated carbocycles. The zero-order valence-electron chi connectivity index (χ0n) is 17.3. The molecule has 2 heterocycles. The third kappa shape index (κ3) is 4.35. The number of carbonyl (C=O) groups excluding carboxylic acids is 2. The fourth-order valence-electron chi connectivity index (χ4n) is 3.38. The minimum Gasteiger partial charge on any atom is -0.491 e. The van der Waals surface area contributed by atoms with Crippen LogP contribution < -0.4 is 20.6 Å². The number of nitrogens with zero attached hydrogens (tertiary/aromatic N) is 4. The number of anilines is 1. The summed E-state index contributed by atoms with van der Waals surface area (Å²) in [5.41, 5.74) is 0.967. The summed E-state index contributed by atoms with van der Waals surface area (Å²) in [6.45, 7) is 4.08. The smallest absolute Gasteiger partial charge is 0.365 e. The zero-order chi connectivity index (χ0) is 22.0. The van der Waals surface area contributed by atoms with E-state index in [2.05, 4.69) is 10.3 Å². The molecule has 0 unspecified atom stereocenters. The summed E-state index contributed by atoms with van der Waals surface area (Å²) < 4.78 is 7.84. The summed E-state index contributed by atoms with van der Waals surface area (Å²) in [6.07, 6.45) is 0.0850. The second-order valence-electron chi connectivity index (χ2n) is 7.47. The Balaban J connectivity index is 1.41. The van der Waals surface area contributed by atoms with E-state index in [1.54, 1.807) is 12.1 Å². The third-order valence-electron chi connectivity index (χ3n) is 4.79. The van der Waals surface area contributed by atoms with Crippen LogP contribution in [-0.4, -0.2) is 32.4 Å². The number of hydrogen-bond donors (Lipinski definition) is 1. The highest BCUT2D eigenvalue weighted by Gasteiger charge is 2.33. The highest BCUT2D eigenvalue weighted by Crippen LogP contribution is 2.22. The number of carbonyl (C=O) groups is 2. The van der Waals surface area contributed by atoms with Gasteiger partial charge in [0.05, 0.1) is 12.6 Å². The van der Waals surface area contributed by atoms with Gasteiger partial charge in [-0.1, -0.05) is 30.3 Å². The Morgan fingerprint density at radius 1 is 1.10 bits per heavy atom. The van der Waals surface area contributed by atoms with Gasteiger partial charge in [-0.2, -0.15) is 9.67 Å². The number of rotatable bonds is 7. The van der Waals surface area contributed by atoms with Crippen LogP contribution in [0.1, 0.15) is 25.2 Å². The van der Waals surface area contributed by atoms with Gasteiger partial charge in [0.25, 0.3) is 0 Å². The van der Waals surface area contributed by atoms with Crippen LogP contribution >= 0.6 is 0 Å². The molecule has 0 atom stereocenters. The van der Waals surface area contributed by atoms with E-state index < -0.39 is 17.6 Å². The van der Waals surface area contributed by atoms with Crippen LogP contribution in [0.5, 0.6) is 5.75 Å². The quantitative estimate of drug-likeness (QED) is 0.630. The van der Waals surface area contributed by atoms with Crippen LogP contribution in [-0.2, 0) is 24.4 Å². The fraction of sp³-hybridized carbons (Fsp3) is 0.273. The van der Waals surface area contributed by atoms with Crippen LogP contribution in [0, 0.1) is 0 Å². The van der Waals surface area contributed by atoms with Crippen LogP contribution in [0.15, 0.2) is 59.4 Å². The van der Waals surface area contributed by atoms with E-state index >= 15 is 0 Å². The highest BCUT2D eigenvalue weighted by molar-refractivity contribution is 5.95. The number of amides is 2. The summed E-state index contributed by atoms with van der Waals surface area (Å²) in [6, 6.07) is 16.1. The van der Waals surface area contributed by atoms with E-state index in [1.807, 2.05) is 56.3 Å². The molecule has 1 N–H and O–H groups in total. The van der Waals surface area contributed by atoms with Crippen LogP contribution in [0.25, 0.3) is 0 Å². The summed E-state index contributed by atoms with van der Waals surface area (Å²) in [7, 11) is 0. The number of aromatic nitrogens is 3. The van der Waals surface area contributed by atoms with Crippen molar-refractivity contribution in [2.45, 2.75) is 39.6 Å². The van der Waals surface area contributed by atoms with E-state index in [9.17, 15) is 14.4 Å². The lowest BCUT2D eigenvalue weighted by molar-refractivity contribution is -0.122. The lowest BCUT2D eigenvalue weighted by Gasteiger charge is -2.15. The van der Waals surface area contributed by atoms with Crippen LogP contribution in [0.3, 0.4) is 0 Å². The molecule has 4 rings (SSSR count). The predicted molar refractivity (Wildman–Crippen MR) is 114 cm³/mol. The van der Waals surface area contributed by atoms with Gasteiger partial charge in [0.1, 0.15) is 12.3 Å². The summed E-state index contributed by atoms with van der Waals surface area (Å²) in [5, 5.41) is 2.77. The molecular weight excluding hydrogens is 398 g/mol. The summed E-state index contributed by atoms with van der Waals surface area (Å²) in [4.78, 5) is 43.0. The Morgan fingerprint density at radius 2 is 1.81 bits per heavy atom. The average molecular weight is 421 g/mol. The minimum absolute atomic E-state index is 0.0850. The van der Waals surface area contributed by atoms with Crippen LogP contribution in [0.4, 0.5) is 10.5 Å². The first-order valence-electron chi connectivity index (χ1n) is 10.0. The van der Waals surface area contributed by atoms with Gasteiger partial charge in [-0.25, -0.2) is 14.3 Å². The second kappa shape index (κ2) is 8.47. The van der Waals surface area contributed by atoms with Gasteiger partial charge in [-0.3, -0.25) is 9.69 Å². The van der Waals surface area contributed by atoms with E-state index in [-0.39, 0.29) is 19.2 Å². The minimum atomic E-state index is -0.624. The van der Waals surface area contributed by atoms with E-state index in [0.717, 1.165) is 16.0 Å². The molecule has 0 spiro atoms. The largest absolute Gasteiger partial charge is 0.491 e. The lowest BCUT2D eigenvalue weighted by Crippen LogP contribution is -2.38. The molecule has 160 valence electrons. The molecule has 9 heteroatoms. The van der Waals surface area contributed by atoms with Crippen LogP contribution in [0.2, 0.25) is 0 Å². The first-order chi connectivity index (χ1) is 14.9. The van der Waals surface area contributed by atoms with Crippen molar-refractivity contribution in [1.29, 1.82) is 0 Å². The predicted octanol–water partition coefficient (Wildman–Crippen LogP) is 2.14. The molecule has 1 aliphatic rings. The van der Waals surface area contributed by atoms with Gasteiger partial charge in [0.15, 0.2) is 5.82 Å². The van der Waals surface area contributed by atoms with Crippen molar-refractivity contribution in [3.05, 3.63) is 76.5 Å². The van der Waals surface area contributed by atoms with Crippen molar-refractivity contribution in [2.75, 3.05) is 4.90 Å². The maximum atomic E-state index is 12.8. The SMILES string of the molecule is CC(C)Oc1ccc(CNC(=O)Cn2c(=O)nc3n2C(=O)N(c2ccccc2)C3)cc1. The Hall–Kier alpha value is -3.88. The summed E-state index contributed by atoms with van der Waals surface area (Å²) >= 11 is 0.